The molecule has 0 N–H and O–H groups in total. The molecule has 0 aliphatic heterocycles. The molecule has 0 saturated heterocycles. The molecule has 0 radical (unpaired) electrons. The molecule has 0 aromatic heterocycles. The van der Waals surface area contributed by atoms with Crippen LogP contribution in [0.3, 0.4) is 0 Å². The molecule has 0 fully saturated rings. The second-order valence-corrected chi connectivity index (χ2v) is 11.6. The summed E-state index contributed by atoms with van der Waals surface area (Å²) in [6, 6.07) is 0. The van der Waals surface area contributed by atoms with Crippen molar-refractivity contribution in [2.24, 2.45) is 11.8 Å². The van der Waals surface area contributed by atoms with Crippen LogP contribution < -0.4 is 0 Å². The Morgan fingerprint density at radius 3 is 2.05 bits per heavy atom. The molecule has 0 saturated carbocycles. The minimum atomic E-state index is -1.07. The van der Waals surface area contributed by atoms with Crippen molar-refractivity contribution in [2.75, 3.05) is 20.6 Å². The fraction of sp³-hybridized carbons (Fsp3) is 0.765. The fourth-order valence-electron chi connectivity index (χ4n) is 3.03. The van der Waals surface area contributed by atoms with Gasteiger partial charge < -0.3 is 0 Å². The second-order valence-electron chi connectivity index (χ2n) is 7.08. The van der Waals surface area contributed by atoms with Crippen LogP contribution in [-0.4, -0.2) is 25.5 Å². The van der Waals surface area contributed by atoms with Gasteiger partial charge >= 0.3 is 127 Å². The van der Waals surface area contributed by atoms with Crippen molar-refractivity contribution in [1.29, 1.82) is 0 Å². The van der Waals surface area contributed by atoms with E-state index >= 15 is 0 Å². The zero-order valence-corrected chi connectivity index (χ0v) is 15.7. The Balaban J connectivity index is 3.16. The maximum atomic E-state index is 2.66. The zero-order chi connectivity index (χ0) is 14.8. The molecule has 1 nitrogen and oxygen atoms in total. The van der Waals surface area contributed by atoms with Crippen LogP contribution in [0, 0.1) is 11.8 Å². The van der Waals surface area contributed by atoms with E-state index in [1.807, 2.05) is 0 Å². The zero-order valence-electron chi connectivity index (χ0n) is 14.2. The van der Waals surface area contributed by atoms with E-state index in [9.17, 15) is 0 Å². The average Bonchev–Trinajstić information content (AvgIpc) is 2.67. The van der Waals surface area contributed by atoms with Crippen molar-refractivity contribution in [3.05, 3.63) is 23.3 Å². The third kappa shape index (κ3) is 3.83. The average molecular weight is 298 g/mol. The van der Waals surface area contributed by atoms with E-state index in [4.69, 9.17) is 0 Å². The van der Waals surface area contributed by atoms with E-state index in [0.717, 1.165) is 0 Å². The Labute approximate surface area is 127 Å². The van der Waals surface area contributed by atoms with Gasteiger partial charge in [-0.15, -0.1) is 0 Å². The van der Waals surface area contributed by atoms with Gasteiger partial charge in [-0.05, 0) is 0 Å². The molecule has 2 heteroatoms. The third-order valence-corrected chi connectivity index (χ3v) is 8.24. The van der Waals surface area contributed by atoms with Gasteiger partial charge in [-0.3, -0.25) is 0 Å². The van der Waals surface area contributed by atoms with E-state index in [1.165, 1.54) is 13.0 Å². The monoisotopic (exact) mass is 298 g/mol. The number of hydrogen-bond donors (Lipinski definition) is 0. The molecule has 0 aromatic carbocycles. The summed E-state index contributed by atoms with van der Waals surface area (Å²) in [6.07, 6.45) is 6.50. The Morgan fingerprint density at radius 1 is 1.11 bits per heavy atom. The van der Waals surface area contributed by atoms with Gasteiger partial charge in [0.2, 0.25) is 0 Å². The van der Waals surface area contributed by atoms with Crippen molar-refractivity contribution < 1.29 is 17.9 Å². The van der Waals surface area contributed by atoms with E-state index in [-0.39, 0.29) is 0 Å². The molecule has 109 valence electrons. The van der Waals surface area contributed by atoms with Crippen LogP contribution in [0.4, 0.5) is 0 Å². The quantitative estimate of drug-likeness (QED) is 0.624. The van der Waals surface area contributed by atoms with Crippen LogP contribution >= 0.6 is 0 Å². The summed E-state index contributed by atoms with van der Waals surface area (Å²) < 4.78 is 0.442. The number of allylic oxidation sites excluding steroid dienone is 4. The van der Waals surface area contributed by atoms with Gasteiger partial charge in [-0.2, -0.15) is 0 Å². The van der Waals surface area contributed by atoms with Gasteiger partial charge in [0.25, 0.3) is 0 Å². The first-order chi connectivity index (χ1) is 8.70. The molecular weight excluding hydrogens is 266 g/mol. The van der Waals surface area contributed by atoms with Crippen LogP contribution in [0.25, 0.3) is 0 Å². The van der Waals surface area contributed by atoms with E-state index in [0.29, 0.717) is 15.6 Å². The van der Waals surface area contributed by atoms with Crippen molar-refractivity contribution >= 4 is 0 Å². The Morgan fingerprint density at radius 2 is 1.68 bits per heavy atom. The van der Waals surface area contributed by atoms with Gasteiger partial charge in [0, 0.05) is 0 Å². The summed E-state index contributed by atoms with van der Waals surface area (Å²) in [7, 11) is 4.39. The van der Waals surface area contributed by atoms with Gasteiger partial charge in [0.1, 0.15) is 0 Å². The third-order valence-electron chi connectivity index (χ3n) is 4.38. The molecule has 0 aromatic rings. The predicted molar refractivity (Wildman–Crippen MR) is 83.4 cm³/mol. The van der Waals surface area contributed by atoms with Crippen molar-refractivity contribution in [3.63, 3.8) is 0 Å². The molecule has 0 spiro atoms. The van der Waals surface area contributed by atoms with E-state index in [1.54, 1.807) is 11.1 Å². The molecule has 0 amide bonds. The predicted octanol–water partition coefficient (Wildman–Crippen LogP) is 4.99. The Bertz CT molecular complexity index is 363. The van der Waals surface area contributed by atoms with Crippen molar-refractivity contribution in [2.45, 2.75) is 48.3 Å². The Kier molecular flexibility index (Phi) is 6.10. The Hall–Kier alpha value is 0.154. The summed E-state index contributed by atoms with van der Waals surface area (Å²) in [5.41, 5.74) is 3.30. The van der Waals surface area contributed by atoms with Gasteiger partial charge in [-0.25, -0.2) is 0 Å². The fourth-order valence-corrected chi connectivity index (χ4v) is 6.16. The number of nitrogens with zero attached hydrogens (tertiary/aromatic N) is 1. The molecule has 0 bridgehead atoms. The maximum absolute atomic E-state index is 2.66. The number of hydrogen-bond acceptors (Lipinski definition) is 1. The SMILES string of the molecule is CC(C)C1=C[C](CCN(C)C)([Ti]([CH3])[CH3])C(C(C)C)=C1. The summed E-state index contributed by atoms with van der Waals surface area (Å²) in [4.78, 5) is 2.34. The number of rotatable bonds is 6. The summed E-state index contributed by atoms with van der Waals surface area (Å²) >= 11 is -1.07. The molecule has 1 aliphatic carbocycles. The molecule has 19 heavy (non-hydrogen) atoms. The first-order valence-electron chi connectivity index (χ1n) is 7.61. The normalized spacial score (nSPS) is 23.3. The molecule has 0 heterocycles. The molecule has 1 rings (SSSR count). The molecular formula is C17H32NTi. The topological polar surface area (TPSA) is 3.24 Å². The van der Waals surface area contributed by atoms with Crippen LogP contribution in [0.1, 0.15) is 34.1 Å². The standard InChI is InChI=1S/C15H26N.2CH3.Ti/c1-11(2)14-9-13(7-8-16(5)6)15(10-14)12(3)4;;;/h9-12H,7-8H2,1-6H3;2*1H3;. The van der Waals surface area contributed by atoms with Crippen molar-refractivity contribution in [3.8, 4) is 0 Å². The summed E-state index contributed by atoms with van der Waals surface area (Å²) in [5, 5.41) is 5.09. The van der Waals surface area contributed by atoms with Gasteiger partial charge in [0.15, 0.2) is 0 Å². The second kappa shape index (κ2) is 6.74. The summed E-state index contributed by atoms with van der Waals surface area (Å²) in [6.45, 7) is 10.6. The van der Waals surface area contributed by atoms with Crippen LogP contribution in [0.5, 0.6) is 0 Å². The van der Waals surface area contributed by atoms with Crippen LogP contribution in [0.15, 0.2) is 23.3 Å². The first-order valence-corrected chi connectivity index (χ1v) is 11.5. The molecule has 1 atom stereocenters. The van der Waals surface area contributed by atoms with Gasteiger partial charge in [-0.1, -0.05) is 0 Å². The molecule has 1 unspecified atom stereocenters. The van der Waals surface area contributed by atoms with E-state index < -0.39 is 17.9 Å². The first kappa shape index (κ1) is 17.2. The molecule has 1 aliphatic rings. The van der Waals surface area contributed by atoms with Gasteiger partial charge in [0.05, 0.1) is 0 Å². The van der Waals surface area contributed by atoms with Crippen LogP contribution in [-0.2, 0) is 17.9 Å². The minimum absolute atomic E-state index is 0.442. The van der Waals surface area contributed by atoms with E-state index in [2.05, 4.69) is 69.3 Å². The van der Waals surface area contributed by atoms with Crippen LogP contribution in [0.2, 0.25) is 14.2 Å². The summed E-state index contributed by atoms with van der Waals surface area (Å²) in [5.74, 6) is 1.34. The van der Waals surface area contributed by atoms with Crippen molar-refractivity contribution in [1.82, 2.24) is 4.90 Å².